The Labute approximate surface area is 86.7 Å². The lowest BCUT2D eigenvalue weighted by molar-refractivity contribution is -0.135. The van der Waals surface area contributed by atoms with Gasteiger partial charge in [0.1, 0.15) is 0 Å². The lowest BCUT2D eigenvalue weighted by Crippen LogP contribution is -2.18. The second-order valence-electron chi connectivity index (χ2n) is 2.79. The molecule has 0 saturated carbocycles. The molecule has 0 atom stereocenters. The van der Waals surface area contributed by atoms with E-state index in [9.17, 15) is 9.59 Å². The number of Topliss-reactive ketones (excluding diaryl/α,β-unsaturated/α-hetero) is 1. The molecular weight excluding hydrogens is 198 g/mol. The SMILES string of the molecule is COC(=O)C(=O)c1ccccc1CON. The molecule has 80 valence electrons. The number of methoxy groups -OCH3 is 1. The van der Waals surface area contributed by atoms with E-state index in [1.807, 2.05) is 0 Å². The Kier molecular flexibility index (Phi) is 3.96. The van der Waals surface area contributed by atoms with Gasteiger partial charge in [0.25, 0.3) is 5.78 Å². The number of carbonyl (C=O) groups is 2. The highest BCUT2D eigenvalue weighted by Gasteiger charge is 2.19. The monoisotopic (exact) mass is 209 g/mol. The van der Waals surface area contributed by atoms with Gasteiger partial charge in [0.15, 0.2) is 0 Å². The van der Waals surface area contributed by atoms with Gasteiger partial charge in [0.05, 0.1) is 13.7 Å². The smallest absolute Gasteiger partial charge is 0.379 e. The number of ether oxygens (including phenoxy) is 1. The third-order valence-electron chi connectivity index (χ3n) is 1.87. The van der Waals surface area contributed by atoms with Gasteiger partial charge in [0, 0.05) is 5.56 Å². The van der Waals surface area contributed by atoms with Gasteiger partial charge in [-0.25, -0.2) is 10.7 Å². The first-order valence-electron chi connectivity index (χ1n) is 4.23. The Balaban J connectivity index is 3.02. The summed E-state index contributed by atoms with van der Waals surface area (Å²) in [6.45, 7) is 0.0684. The summed E-state index contributed by atoms with van der Waals surface area (Å²) in [5.41, 5.74) is 0.796. The van der Waals surface area contributed by atoms with Gasteiger partial charge in [-0.15, -0.1) is 0 Å². The highest BCUT2D eigenvalue weighted by molar-refractivity contribution is 6.40. The van der Waals surface area contributed by atoms with E-state index in [1.165, 1.54) is 6.07 Å². The summed E-state index contributed by atoms with van der Waals surface area (Å²) in [5.74, 6) is 3.30. The van der Waals surface area contributed by atoms with Crippen LogP contribution in [0, 0.1) is 0 Å². The summed E-state index contributed by atoms with van der Waals surface area (Å²) in [5, 5.41) is 0. The molecule has 1 aromatic carbocycles. The molecule has 0 saturated heterocycles. The number of ketones is 1. The Morgan fingerprint density at radius 3 is 2.60 bits per heavy atom. The van der Waals surface area contributed by atoms with Gasteiger partial charge < -0.3 is 4.74 Å². The van der Waals surface area contributed by atoms with Crippen molar-refractivity contribution in [2.24, 2.45) is 5.90 Å². The first-order valence-corrected chi connectivity index (χ1v) is 4.23. The third-order valence-corrected chi connectivity index (χ3v) is 1.87. The van der Waals surface area contributed by atoms with Crippen molar-refractivity contribution >= 4 is 11.8 Å². The first-order chi connectivity index (χ1) is 7.20. The number of hydrogen-bond donors (Lipinski definition) is 1. The number of nitrogens with two attached hydrogens (primary N) is 1. The number of carbonyl (C=O) groups excluding carboxylic acids is 2. The van der Waals surface area contributed by atoms with Crippen LogP contribution in [0.3, 0.4) is 0 Å². The quantitative estimate of drug-likeness (QED) is 0.337. The molecule has 0 radical (unpaired) electrons. The topological polar surface area (TPSA) is 78.6 Å². The number of rotatable bonds is 4. The molecule has 0 aliphatic carbocycles. The molecule has 0 fully saturated rings. The van der Waals surface area contributed by atoms with Crippen molar-refractivity contribution in [3.05, 3.63) is 35.4 Å². The van der Waals surface area contributed by atoms with E-state index in [1.54, 1.807) is 18.2 Å². The molecule has 0 aromatic heterocycles. The minimum absolute atomic E-state index is 0.0684. The predicted octanol–water partition coefficient (Wildman–Crippen LogP) is 0.433. The van der Waals surface area contributed by atoms with E-state index in [0.29, 0.717) is 5.56 Å². The second kappa shape index (κ2) is 5.23. The van der Waals surface area contributed by atoms with Crippen LogP contribution in [0.25, 0.3) is 0 Å². The normalized spacial score (nSPS) is 9.73. The fourth-order valence-corrected chi connectivity index (χ4v) is 1.16. The maximum atomic E-state index is 11.5. The van der Waals surface area contributed by atoms with Gasteiger partial charge in [0.2, 0.25) is 0 Å². The Hall–Kier alpha value is -1.72. The van der Waals surface area contributed by atoms with Gasteiger partial charge in [-0.2, -0.15) is 0 Å². The van der Waals surface area contributed by atoms with Crippen molar-refractivity contribution in [3.8, 4) is 0 Å². The molecule has 5 nitrogen and oxygen atoms in total. The average Bonchev–Trinajstić information content (AvgIpc) is 2.28. The van der Waals surface area contributed by atoms with Crippen LogP contribution in [0.2, 0.25) is 0 Å². The average molecular weight is 209 g/mol. The van der Waals surface area contributed by atoms with Crippen molar-refractivity contribution in [3.63, 3.8) is 0 Å². The summed E-state index contributed by atoms with van der Waals surface area (Å²) in [4.78, 5) is 27.0. The van der Waals surface area contributed by atoms with E-state index in [-0.39, 0.29) is 12.2 Å². The molecule has 1 aromatic rings. The molecule has 0 spiro atoms. The molecule has 0 aliphatic heterocycles. The standard InChI is InChI=1S/C10H11NO4/c1-14-10(13)9(12)8-5-3-2-4-7(8)6-15-11/h2-5H,6,11H2,1H3. The third kappa shape index (κ3) is 2.61. The van der Waals surface area contributed by atoms with Crippen LogP contribution >= 0.6 is 0 Å². The van der Waals surface area contributed by atoms with Crippen LogP contribution in [-0.2, 0) is 21.0 Å². The Morgan fingerprint density at radius 1 is 1.33 bits per heavy atom. The van der Waals surface area contributed by atoms with Gasteiger partial charge >= 0.3 is 5.97 Å². The zero-order chi connectivity index (χ0) is 11.3. The molecular formula is C10H11NO4. The molecule has 5 heteroatoms. The van der Waals surface area contributed by atoms with E-state index in [4.69, 9.17) is 5.90 Å². The Morgan fingerprint density at radius 2 is 2.00 bits per heavy atom. The van der Waals surface area contributed by atoms with Crippen molar-refractivity contribution in [2.45, 2.75) is 6.61 Å². The van der Waals surface area contributed by atoms with Crippen molar-refractivity contribution in [1.29, 1.82) is 0 Å². The van der Waals surface area contributed by atoms with Crippen LogP contribution in [0.4, 0.5) is 0 Å². The molecule has 0 amide bonds. The van der Waals surface area contributed by atoms with Crippen LogP contribution in [0.5, 0.6) is 0 Å². The lowest BCUT2D eigenvalue weighted by atomic mass is 10.0. The van der Waals surface area contributed by atoms with Gasteiger partial charge in [-0.3, -0.25) is 9.63 Å². The van der Waals surface area contributed by atoms with Crippen LogP contribution in [0.15, 0.2) is 24.3 Å². The van der Waals surface area contributed by atoms with E-state index in [0.717, 1.165) is 7.11 Å². The Bertz CT molecular complexity index is 375. The molecule has 0 bridgehead atoms. The molecule has 0 heterocycles. The molecule has 0 aliphatic rings. The molecule has 15 heavy (non-hydrogen) atoms. The van der Waals surface area contributed by atoms with E-state index < -0.39 is 11.8 Å². The van der Waals surface area contributed by atoms with E-state index in [2.05, 4.69) is 9.57 Å². The second-order valence-corrected chi connectivity index (χ2v) is 2.79. The van der Waals surface area contributed by atoms with Crippen LogP contribution in [0.1, 0.15) is 15.9 Å². The van der Waals surface area contributed by atoms with Gasteiger partial charge in [-0.1, -0.05) is 24.3 Å². The first kappa shape index (κ1) is 11.4. The van der Waals surface area contributed by atoms with Crippen molar-refractivity contribution < 1.29 is 19.2 Å². The van der Waals surface area contributed by atoms with Crippen LogP contribution < -0.4 is 5.90 Å². The highest BCUT2D eigenvalue weighted by Crippen LogP contribution is 2.10. The minimum atomic E-state index is -0.903. The maximum absolute atomic E-state index is 11.5. The summed E-state index contributed by atoms with van der Waals surface area (Å²) in [6, 6.07) is 6.55. The van der Waals surface area contributed by atoms with E-state index >= 15 is 0 Å². The lowest BCUT2D eigenvalue weighted by Gasteiger charge is -2.05. The summed E-state index contributed by atoms with van der Waals surface area (Å²) >= 11 is 0. The summed E-state index contributed by atoms with van der Waals surface area (Å²) in [7, 11) is 1.16. The zero-order valence-corrected chi connectivity index (χ0v) is 8.23. The van der Waals surface area contributed by atoms with Crippen molar-refractivity contribution in [2.75, 3.05) is 7.11 Å². The number of esters is 1. The fourth-order valence-electron chi connectivity index (χ4n) is 1.16. The zero-order valence-electron chi connectivity index (χ0n) is 8.23. The molecule has 2 N–H and O–H groups in total. The minimum Gasteiger partial charge on any atom is -0.463 e. The summed E-state index contributed by atoms with van der Waals surface area (Å²) < 4.78 is 4.34. The maximum Gasteiger partial charge on any atom is 0.379 e. The summed E-state index contributed by atoms with van der Waals surface area (Å²) in [6.07, 6.45) is 0. The van der Waals surface area contributed by atoms with Crippen LogP contribution in [-0.4, -0.2) is 18.9 Å². The predicted molar refractivity (Wildman–Crippen MR) is 51.8 cm³/mol. The molecule has 0 unspecified atom stereocenters. The highest BCUT2D eigenvalue weighted by atomic mass is 16.6. The molecule has 1 rings (SSSR count). The largest absolute Gasteiger partial charge is 0.463 e. The van der Waals surface area contributed by atoms with Crippen molar-refractivity contribution in [1.82, 2.24) is 0 Å². The fraction of sp³-hybridized carbons (Fsp3) is 0.200. The van der Waals surface area contributed by atoms with Gasteiger partial charge in [-0.05, 0) is 5.56 Å². The number of benzene rings is 1. The number of hydrogen-bond acceptors (Lipinski definition) is 5.